The maximum absolute atomic E-state index is 11.8. The van der Waals surface area contributed by atoms with Crippen LogP contribution in [-0.2, 0) is 20.9 Å². The molecule has 1 aromatic carbocycles. The summed E-state index contributed by atoms with van der Waals surface area (Å²) in [5.41, 5.74) is 0.897. The average molecular weight is 291 g/mol. The van der Waals surface area contributed by atoms with Crippen molar-refractivity contribution in [2.24, 2.45) is 5.92 Å². The fraction of sp³-hybridized carbons (Fsp3) is 0.375. The molecule has 1 rings (SSSR count). The molecule has 0 aromatic heterocycles. The van der Waals surface area contributed by atoms with Crippen LogP contribution in [0.25, 0.3) is 0 Å². The molecule has 0 saturated carbocycles. The quantitative estimate of drug-likeness (QED) is 0.619. The van der Waals surface area contributed by atoms with Gasteiger partial charge in [0.05, 0.1) is 13.0 Å². The summed E-state index contributed by atoms with van der Waals surface area (Å²) in [5.74, 6) is -0.859. The van der Waals surface area contributed by atoms with Crippen molar-refractivity contribution in [3.05, 3.63) is 48.6 Å². The van der Waals surface area contributed by atoms with Gasteiger partial charge in [0.15, 0.2) is 0 Å². The van der Waals surface area contributed by atoms with Crippen LogP contribution in [0.5, 0.6) is 0 Å². The zero-order chi connectivity index (χ0) is 15.7. The minimum Gasteiger partial charge on any atom is -0.469 e. The second-order valence-electron chi connectivity index (χ2n) is 4.65. The Hall–Kier alpha value is -2.30. The molecule has 0 fully saturated rings. The van der Waals surface area contributed by atoms with Crippen molar-refractivity contribution in [3.8, 4) is 0 Å². The van der Waals surface area contributed by atoms with Crippen molar-refractivity contribution in [2.45, 2.75) is 26.0 Å². The number of carbonyl (C=O) groups is 2. The third-order valence-electron chi connectivity index (χ3n) is 3.11. The Labute approximate surface area is 124 Å². The van der Waals surface area contributed by atoms with Crippen LogP contribution in [0, 0.1) is 5.92 Å². The largest absolute Gasteiger partial charge is 0.469 e. The van der Waals surface area contributed by atoms with E-state index in [-0.39, 0.29) is 12.6 Å². The lowest BCUT2D eigenvalue weighted by molar-refractivity contribution is -0.145. The Balaban J connectivity index is 2.52. The first-order valence-electron chi connectivity index (χ1n) is 6.74. The number of nitrogens with one attached hydrogen (secondary N) is 1. The lowest BCUT2D eigenvalue weighted by Gasteiger charge is -2.21. The molecule has 5 nitrogen and oxygen atoms in total. The van der Waals surface area contributed by atoms with Crippen LogP contribution in [0.4, 0.5) is 4.79 Å². The van der Waals surface area contributed by atoms with E-state index in [4.69, 9.17) is 4.74 Å². The molecule has 0 heterocycles. The van der Waals surface area contributed by atoms with Crippen molar-refractivity contribution in [2.75, 3.05) is 7.11 Å². The molecule has 5 heteroatoms. The van der Waals surface area contributed by atoms with E-state index in [9.17, 15) is 9.59 Å². The van der Waals surface area contributed by atoms with Gasteiger partial charge < -0.3 is 14.8 Å². The van der Waals surface area contributed by atoms with E-state index in [2.05, 4.69) is 16.6 Å². The molecule has 21 heavy (non-hydrogen) atoms. The molecular formula is C16H21NO4. The van der Waals surface area contributed by atoms with Gasteiger partial charge in [-0.25, -0.2) is 4.79 Å². The number of methoxy groups -OCH3 is 1. The monoisotopic (exact) mass is 291 g/mol. The summed E-state index contributed by atoms with van der Waals surface area (Å²) in [4.78, 5) is 23.3. The summed E-state index contributed by atoms with van der Waals surface area (Å²) in [5, 5.41) is 2.67. The van der Waals surface area contributed by atoms with E-state index >= 15 is 0 Å². The maximum Gasteiger partial charge on any atom is 0.407 e. The van der Waals surface area contributed by atoms with Crippen LogP contribution >= 0.6 is 0 Å². The molecule has 0 saturated heterocycles. The lowest BCUT2D eigenvalue weighted by atomic mass is 9.99. The van der Waals surface area contributed by atoms with Gasteiger partial charge in [0.2, 0.25) is 0 Å². The third kappa shape index (κ3) is 5.69. The van der Waals surface area contributed by atoms with E-state index in [0.29, 0.717) is 6.42 Å². The first kappa shape index (κ1) is 16.8. The Morgan fingerprint density at radius 3 is 2.57 bits per heavy atom. The number of rotatable bonds is 7. The summed E-state index contributed by atoms with van der Waals surface area (Å²) in [6.45, 7) is 5.50. The van der Waals surface area contributed by atoms with Crippen molar-refractivity contribution >= 4 is 12.1 Å². The van der Waals surface area contributed by atoms with Gasteiger partial charge >= 0.3 is 12.1 Å². The van der Waals surface area contributed by atoms with E-state index in [1.54, 1.807) is 13.0 Å². The van der Waals surface area contributed by atoms with Gasteiger partial charge in [-0.3, -0.25) is 4.79 Å². The van der Waals surface area contributed by atoms with Gasteiger partial charge in [-0.05, 0) is 18.9 Å². The number of amides is 1. The highest BCUT2D eigenvalue weighted by atomic mass is 16.5. The molecule has 114 valence electrons. The number of hydrogen-bond acceptors (Lipinski definition) is 4. The van der Waals surface area contributed by atoms with E-state index in [1.807, 2.05) is 30.3 Å². The fourth-order valence-electron chi connectivity index (χ4n) is 1.83. The Bertz CT molecular complexity index is 472. The third-order valence-corrected chi connectivity index (χ3v) is 3.11. The standard InChI is InChI=1S/C16H21NO4/c1-4-8-14(12(2)15(18)20-3)17-16(19)21-11-13-9-6-5-7-10-13/h4-7,9-10,12,14H,1,8,11H2,2-3H3,(H,17,19)/t12-,14-/m1/s1. The zero-order valence-corrected chi connectivity index (χ0v) is 12.4. The normalized spacial score (nSPS) is 12.9. The zero-order valence-electron chi connectivity index (χ0n) is 12.4. The number of esters is 1. The van der Waals surface area contributed by atoms with Crippen LogP contribution in [0.1, 0.15) is 18.9 Å². The molecule has 0 spiro atoms. The van der Waals surface area contributed by atoms with Gasteiger partial charge in [0, 0.05) is 6.04 Å². The van der Waals surface area contributed by atoms with Crippen LogP contribution in [0.2, 0.25) is 0 Å². The molecule has 1 aromatic rings. The Kier molecular flexibility index (Phi) is 7.01. The van der Waals surface area contributed by atoms with Gasteiger partial charge in [0.1, 0.15) is 6.61 Å². The predicted molar refractivity (Wildman–Crippen MR) is 79.5 cm³/mol. The van der Waals surface area contributed by atoms with Crippen LogP contribution in [0.3, 0.4) is 0 Å². The van der Waals surface area contributed by atoms with Crippen molar-refractivity contribution < 1.29 is 19.1 Å². The number of ether oxygens (including phenoxy) is 2. The highest BCUT2D eigenvalue weighted by Crippen LogP contribution is 2.10. The molecule has 1 amide bonds. The minimum absolute atomic E-state index is 0.181. The summed E-state index contributed by atoms with van der Waals surface area (Å²) in [7, 11) is 1.32. The molecule has 1 N–H and O–H groups in total. The van der Waals surface area contributed by atoms with Crippen LogP contribution < -0.4 is 5.32 Å². The Morgan fingerprint density at radius 2 is 2.00 bits per heavy atom. The average Bonchev–Trinajstić information content (AvgIpc) is 2.52. The van der Waals surface area contributed by atoms with Gasteiger partial charge in [-0.1, -0.05) is 36.4 Å². The molecule has 0 aliphatic carbocycles. The highest BCUT2D eigenvalue weighted by Gasteiger charge is 2.25. The molecule has 0 aliphatic rings. The highest BCUT2D eigenvalue weighted by molar-refractivity contribution is 5.74. The van der Waals surface area contributed by atoms with E-state index < -0.39 is 18.1 Å². The number of hydrogen-bond donors (Lipinski definition) is 1. The Morgan fingerprint density at radius 1 is 1.33 bits per heavy atom. The molecule has 0 unspecified atom stereocenters. The second-order valence-corrected chi connectivity index (χ2v) is 4.65. The van der Waals surface area contributed by atoms with Gasteiger partial charge in [-0.2, -0.15) is 0 Å². The van der Waals surface area contributed by atoms with Gasteiger partial charge in [0.25, 0.3) is 0 Å². The molecular weight excluding hydrogens is 270 g/mol. The van der Waals surface area contributed by atoms with Gasteiger partial charge in [-0.15, -0.1) is 6.58 Å². The number of benzene rings is 1. The second kappa shape index (κ2) is 8.79. The molecule has 0 radical (unpaired) electrons. The first-order valence-corrected chi connectivity index (χ1v) is 6.74. The van der Waals surface area contributed by atoms with E-state index in [0.717, 1.165) is 5.56 Å². The van der Waals surface area contributed by atoms with Crippen molar-refractivity contribution in [3.63, 3.8) is 0 Å². The number of carbonyl (C=O) groups excluding carboxylic acids is 2. The van der Waals surface area contributed by atoms with Crippen LogP contribution in [-0.4, -0.2) is 25.2 Å². The smallest absolute Gasteiger partial charge is 0.407 e. The fourth-order valence-corrected chi connectivity index (χ4v) is 1.83. The summed E-state index contributed by atoms with van der Waals surface area (Å²) in [6.07, 6.45) is 1.53. The predicted octanol–water partition coefficient (Wildman–Crippen LogP) is 2.67. The van der Waals surface area contributed by atoms with E-state index in [1.165, 1.54) is 7.11 Å². The summed E-state index contributed by atoms with van der Waals surface area (Å²) >= 11 is 0. The van der Waals surface area contributed by atoms with Crippen LogP contribution in [0.15, 0.2) is 43.0 Å². The number of alkyl carbamates (subject to hydrolysis) is 1. The minimum atomic E-state index is -0.568. The van der Waals surface area contributed by atoms with Crippen molar-refractivity contribution in [1.82, 2.24) is 5.32 Å². The SMILES string of the molecule is C=CC[C@@H](NC(=O)OCc1ccccc1)[C@@H](C)C(=O)OC. The maximum atomic E-state index is 11.8. The van der Waals surface area contributed by atoms with Crippen molar-refractivity contribution in [1.29, 1.82) is 0 Å². The lowest BCUT2D eigenvalue weighted by Crippen LogP contribution is -2.42. The summed E-state index contributed by atoms with van der Waals surface area (Å²) in [6, 6.07) is 8.96. The first-order chi connectivity index (χ1) is 10.1. The topological polar surface area (TPSA) is 64.6 Å². The molecule has 0 bridgehead atoms. The molecule has 0 aliphatic heterocycles. The summed E-state index contributed by atoms with van der Waals surface area (Å²) < 4.78 is 9.82. The molecule has 2 atom stereocenters.